The number of halogens is 1. The third-order valence-electron chi connectivity index (χ3n) is 2.69. The second-order valence-corrected chi connectivity index (χ2v) is 4.75. The maximum atomic E-state index is 12.1. The number of ether oxygens (including phenoxy) is 1. The smallest absolute Gasteiger partial charge is 0.245 e. The van der Waals surface area contributed by atoms with E-state index in [1.165, 1.54) is 4.90 Å². The molecule has 1 atom stereocenters. The normalized spacial score (nSPS) is 11.8. The van der Waals surface area contributed by atoms with Gasteiger partial charge in [0.2, 0.25) is 11.8 Å². The van der Waals surface area contributed by atoms with E-state index < -0.39 is 5.38 Å². The number of carbonyl (C=O) groups excluding carboxylic acids is 2. The molecule has 0 aliphatic rings. The summed E-state index contributed by atoms with van der Waals surface area (Å²) in [4.78, 5) is 25.0. The minimum Gasteiger partial charge on any atom is -0.383 e. The van der Waals surface area contributed by atoms with Crippen LogP contribution in [0.4, 0.5) is 0 Å². The highest BCUT2D eigenvalue weighted by Gasteiger charge is 2.22. The number of likely N-dealkylation sites (N-methyl/N-ethyl adjacent to an activating group) is 1. The first-order chi connectivity index (χ1) is 9.56. The summed E-state index contributed by atoms with van der Waals surface area (Å²) in [6.07, 6.45) is 0. The lowest BCUT2D eigenvalue weighted by Crippen LogP contribution is -2.40. The molecule has 1 rings (SSSR count). The van der Waals surface area contributed by atoms with Gasteiger partial charge in [0.1, 0.15) is 5.38 Å². The van der Waals surface area contributed by atoms with Gasteiger partial charge in [-0.1, -0.05) is 30.3 Å². The van der Waals surface area contributed by atoms with Crippen molar-refractivity contribution in [3.05, 3.63) is 35.9 Å². The molecule has 1 aromatic carbocycles. The molecule has 20 heavy (non-hydrogen) atoms. The number of benzene rings is 1. The Labute approximate surface area is 123 Å². The summed E-state index contributed by atoms with van der Waals surface area (Å²) >= 11 is 6.12. The van der Waals surface area contributed by atoms with Crippen LogP contribution in [-0.2, 0) is 14.3 Å². The Hall–Kier alpha value is -1.59. The van der Waals surface area contributed by atoms with Gasteiger partial charge in [0.25, 0.3) is 0 Å². The summed E-state index contributed by atoms with van der Waals surface area (Å²) in [7, 11) is 3.11. The van der Waals surface area contributed by atoms with Gasteiger partial charge >= 0.3 is 0 Å². The Balaban J connectivity index is 2.48. The largest absolute Gasteiger partial charge is 0.383 e. The molecular formula is C14H19ClN2O3. The molecule has 1 unspecified atom stereocenters. The number of alkyl halides is 1. The van der Waals surface area contributed by atoms with Crippen LogP contribution in [0.3, 0.4) is 0 Å². The summed E-state index contributed by atoms with van der Waals surface area (Å²) in [5.74, 6) is -0.547. The number of nitrogens with one attached hydrogen (secondary N) is 1. The highest BCUT2D eigenvalue weighted by Crippen LogP contribution is 2.21. The van der Waals surface area contributed by atoms with Gasteiger partial charge in [-0.25, -0.2) is 0 Å². The lowest BCUT2D eigenvalue weighted by molar-refractivity contribution is -0.134. The summed E-state index contributed by atoms with van der Waals surface area (Å²) < 4.78 is 4.82. The van der Waals surface area contributed by atoms with Crippen LogP contribution in [0.2, 0.25) is 0 Å². The van der Waals surface area contributed by atoms with Gasteiger partial charge in [-0.2, -0.15) is 0 Å². The Morgan fingerprint density at radius 2 is 2.00 bits per heavy atom. The van der Waals surface area contributed by atoms with E-state index in [2.05, 4.69) is 5.32 Å². The second-order valence-electron chi connectivity index (χ2n) is 4.31. The first-order valence-corrected chi connectivity index (χ1v) is 6.69. The van der Waals surface area contributed by atoms with Crippen molar-refractivity contribution < 1.29 is 14.3 Å². The molecule has 0 heterocycles. The molecular weight excluding hydrogens is 280 g/mol. The quantitative estimate of drug-likeness (QED) is 0.607. The zero-order valence-corrected chi connectivity index (χ0v) is 12.4. The summed E-state index contributed by atoms with van der Waals surface area (Å²) in [5.41, 5.74) is 0.714. The first-order valence-electron chi connectivity index (χ1n) is 6.26. The van der Waals surface area contributed by atoms with Gasteiger partial charge in [-0.05, 0) is 5.56 Å². The average molecular weight is 299 g/mol. The van der Waals surface area contributed by atoms with Crippen molar-refractivity contribution in [2.45, 2.75) is 5.38 Å². The summed E-state index contributed by atoms with van der Waals surface area (Å²) in [6.45, 7) is 0.824. The van der Waals surface area contributed by atoms with Crippen molar-refractivity contribution in [2.75, 3.05) is 33.9 Å². The van der Waals surface area contributed by atoms with Crippen molar-refractivity contribution in [1.29, 1.82) is 0 Å². The molecule has 0 saturated heterocycles. The number of carbonyl (C=O) groups is 2. The number of amides is 2. The van der Waals surface area contributed by atoms with Gasteiger partial charge in [-0.15, -0.1) is 11.6 Å². The van der Waals surface area contributed by atoms with E-state index in [0.717, 1.165) is 0 Å². The van der Waals surface area contributed by atoms with Crippen LogP contribution in [0.15, 0.2) is 30.3 Å². The fourth-order valence-corrected chi connectivity index (χ4v) is 1.91. The summed E-state index contributed by atoms with van der Waals surface area (Å²) in [5, 5.41) is 1.86. The number of nitrogens with zero attached hydrogens (tertiary/aromatic N) is 1. The standard InChI is InChI=1S/C14H19ClN2O3/c1-17(10-12(18)16-8-9-20-2)14(19)13(15)11-6-4-3-5-7-11/h3-7,13H,8-10H2,1-2H3,(H,16,18). The van der Waals surface area contributed by atoms with E-state index in [4.69, 9.17) is 16.3 Å². The monoisotopic (exact) mass is 298 g/mol. The number of methoxy groups -OCH3 is 1. The van der Waals surface area contributed by atoms with Crippen LogP contribution in [0.1, 0.15) is 10.9 Å². The molecule has 0 radical (unpaired) electrons. The van der Waals surface area contributed by atoms with Crippen molar-refractivity contribution >= 4 is 23.4 Å². The molecule has 6 heteroatoms. The molecule has 2 amide bonds. The van der Waals surface area contributed by atoms with E-state index in [1.54, 1.807) is 26.3 Å². The Kier molecular flexibility index (Phi) is 7.04. The maximum Gasteiger partial charge on any atom is 0.245 e. The van der Waals surface area contributed by atoms with Crippen LogP contribution in [0.5, 0.6) is 0 Å². The Morgan fingerprint density at radius 3 is 2.60 bits per heavy atom. The van der Waals surface area contributed by atoms with E-state index in [0.29, 0.717) is 18.7 Å². The maximum absolute atomic E-state index is 12.1. The minimum atomic E-state index is -0.784. The summed E-state index contributed by atoms with van der Waals surface area (Å²) in [6, 6.07) is 9.04. The minimum absolute atomic E-state index is 0.0292. The lowest BCUT2D eigenvalue weighted by Gasteiger charge is -2.20. The van der Waals surface area contributed by atoms with Gasteiger partial charge in [0, 0.05) is 20.7 Å². The predicted octanol–water partition coefficient (Wildman–Crippen LogP) is 1.19. The van der Waals surface area contributed by atoms with Crippen LogP contribution < -0.4 is 5.32 Å². The van der Waals surface area contributed by atoms with Gasteiger partial charge in [0.05, 0.1) is 13.2 Å². The molecule has 0 aliphatic carbocycles. The third kappa shape index (κ3) is 5.19. The molecule has 0 bridgehead atoms. The van der Waals surface area contributed by atoms with Crippen molar-refractivity contribution in [3.8, 4) is 0 Å². The molecule has 0 spiro atoms. The highest BCUT2D eigenvalue weighted by molar-refractivity contribution is 6.30. The van der Waals surface area contributed by atoms with Gasteiger partial charge in [0.15, 0.2) is 0 Å². The van der Waals surface area contributed by atoms with Gasteiger partial charge < -0.3 is 15.0 Å². The zero-order chi connectivity index (χ0) is 15.0. The predicted molar refractivity (Wildman–Crippen MR) is 77.6 cm³/mol. The number of hydrogen-bond acceptors (Lipinski definition) is 3. The molecule has 5 nitrogen and oxygen atoms in total. The fourth-order valence-electron chi connectivity index (χ4n) is 1.60. The van der Waals surface area contributed by atoms with E-state index >= 15 is 0 Å². The Morgan fingerprint density at radius 1 is 1.35 bits per heavy atom. The topological polar surface area (TPSA) is 58.6 Å². The first kappa shape index (κ1) is 16.5. The average Bonchev–Trinajstić information content (AvgIpc) is 2.46. The van der Waals surface area contributed by atoms with Crippen LogP contribution in [0.25, 0.3) is 0 Å². The molecule has 0 saturated carbocycles. The molecule has 0 fully saturated rings. The fraction of sp³-hybridized carbons (Fsp3) is 0.429. The zero-order valence-electron chi connectivity index (χ0n) is 11.6. The lowest BCUT2D eigenvalue weighted by atomic mass is 10.1. The van der Waals surface area contributed by atoms with E-state index in [-0.39, 0.29) is 18.4 Å². The molecule has 0 aromatic heterocycles. The third-order valence-corrected chi connectivity index (χ3v) is 3.13. The molecule has 0 aliphatic heterocycles. The van der Waals surface area contributed by atoms with Crippen LogP contribution >= 0.6 is 11.6 Å². The van der Waals surface area contributed by atoms with Crippen molar-refractivity contribution in [2.24, 2.45) is 0 Å². The Bertz CT molecular complexity index is 439. The molecule has 110 valence electrons. The molecule has 1 N–H and O–H groups in total. The number of hydrogen-bond donors (Lipinski definition) is 1. The van der Waals surface area contributed by atoms with Crippen molar-refractivity contribution in [1.82, 2.24) is 10.2 Å². The van der Waals surface area contributed by atoms with Crippen molar-refractivity contribution in [3.63, 3.8) is 0 Å². The van der Waals surface area contributed by atoms with Crippen LogP contribution in [-0.4, -0.2) is 50.6 Å². The van der Waals surface area contributed by atoms with E-state index in [1.807, 2.05) is 18.2 Å². The number of rotatable bonds is 7. The van der Waals surface area contributed by atoms with E-state index in [9.17, 15) is 9.59 Å². The second kappa shape index (κ2) is 8.55. The van der Waals surface area contributed by atoms with Crippen LogP contribution in [0, 0.1) is 0 Å². The molecule has 1 aromatic rings. The SMILES string of the molecule is COCCNC(=O)CN(C)C(=O)C(Cl)c1ccccc1. The highest BCUT2D eigenvalue weighted by atomic mass is 35.5. The van der Waals surface area contributed by atoms with Gasteiger partial charge in [-0.3, -0.25) is 9.59 Å².